The van der Waals surface area contributed by atoms with Crippen LogP contribution in [0, 0.1) is 6.92 Å². The van der Waals surface area contributed by atoms with Gasteiger partial charge in [-0.15, -0.1) is 0 Å². The highest BCUT2D eigenvalue weighted by atomic mass is 35.5. The molecule has 2 unspecified atom stereocenters. The summed E-state index contributed by atoms with van der Waals surface area (Å²) in [5.74, 6) is -2.10. The fraction of sp³-hybridized carbons (Fsp3) is 0.214. The Labute approximate surface area is 238 Å². The first kappa shape index (κ1) is 26.9. The molecule has 200 valence electrons. The van der Waals surface area contributed by atoms with Crippen molar-refractivity contribution in [3.63, 3.8) is 0 Å². The highest BCUT2D eigenvalue weighted by Crippen LogP contribution is 2.45. The van der Waals surface area contributed by atoms with Crippen LogP contribution in [0.4, 0.5) is 5.13 Å². The highest BCUT2D eigenvalue weighted by Gasteiger charge is 2.48. The molecule has 11 heteroatoms. The van der Waals surface area contributed by atoms with Crippen molar-refractivity contribution in [2.24, 2.45) is 0 Å². The second-order valence-corrected chi connectivity index (χ2v) is 10.9. The van der Waals surface area contributed by atoms with E-state index in [1.807, 2.05) is 6.92 Å². The zero-order valence-electron chi connectivity index (χ0n) is 20.9. The van der Waals surface area contributed by atoms with Crippen molar-refractivity contribution in [3.05, 3.63) is 91.9 Å². The van der Waals surface area contributed by atoms with E-state index in [2.05, 4.69) is 11.6 Å². The molecular formula is C28H22Cl2N2O6S. The van der Waals surface area contributed by atoms with E-state index >= 15 is 0 Å². The van der Waals surface area contributed by atoms with Gasteiger partial charge in [0.15, 0.2) is 5.13 Å². The lowest BCUT2D eigenvalue weighted by Crippen LogP contribution is -2.29. The minimum absolute atomic E-state index is 0.00386. The molecule has 0 spiro atoms. The van der Waals surface area contributed by atoms with Gasteiger partial charge in [0.25, 0.3) is 5.78 Å². The number of aryl methyl sites for hydroxylation is 1. The summed E-state index contributed by atoms with van der Waals surface area (Å²) >= 11 is 13.3. The number of fused-ring (bicyclic) bond motifs is 1. The SMILES string of the molecule is C=CCOC(=O)c1sc(N2C(=O)C(=O)/C(=C(/O)c3ccc4c(c3)CC(C)O4)C2c2ccc(Cl)c(Cl)c2)nc1C. The maximum Gasteiger partial charge on any atom is 0.350 e. The Kier molecular flexibility index (Phi) is 7.24. The van der Waals surface area contributed by atoms with Crippen LogP contribution >= 0.6 is 34.5 Å². The second-order valence-electron chi connectivity index (χ2n) is 9.10. The van der Waals surface area contributed by atoms with Gasteiger partial charge < -0.3 is 14.6 Å². The average Bonchev–Trinajstić information content (AvgIpc) is 3.55. The summed E-state index contributed by atoms with van der Waals surface area (Å²) in [5.41, 5.74) is 1.84. The van der Waals surface area contributed by atoms with Crippen LogP contribution in [0.15, 0.2) is 54.6 Å². The van der Waals surface area contributed by atoms with Crippen molar-refractivity contribution in [3.8, 4) is 5.75 Å². The number of esters is 1. The van der Waals surface area contributed by atoms with Gasteiger partial charge in [0.05, 0.1) is 27.4 Å². The summed E-state index contributed by atoms with van der Waals surface area (Å²) in [4.78, 5) is 45.2. The number of nitrogens with zero attached hydrogens (tertiary/aromatic N) is 2. The molecule has 1 N–H and O–H groups in total. The number of anilines is 1. The van der Waals surface area contributed by atoms with E-state index in [9.17, 15) is 19.5 Å². The number of rotatable bonds is 6. The van der Waals surface area contributed by atoms with Crippen LogP contribution in [0.2, 0.25) is 10.0 Å². The van der Waals surface area contributed by atoms with Gasteiger partial charge in [-0.1, -0.05) is 53.3 Å². The Balaban J connectivity index is 1.66. The number of aromatic nitrogens is 1. The lowest BCUT2D eigenvalue weighted by Gasteiger charge is -2.23. The number of carbonyl (C=O) groups is 3. The van der Waals surface area contributed by atoms with Crippen molar-refractivity contribution in [1.29, 1.82) is 0 Å². The van der Waals surface area contributed by atoms with Crippen molar-refractivity contribution in [2.75, 3.05) is 11.5 Å². The third-order valence-electron chi connectivity index (χ3n) is 6.38. The van der Waals surface area contributed by atoms with Crippen LogP contribution in [0.25, 0.3) is 5.76 Å². The van der Waals surface area contributed by atoms with E-state index in [0.717, 1.165) is 21.8 Å². The number of aliphatic hydroxyl groups excluding tert-OH is 1. The minimum atomic E-state index is -1.09. The first-order valence-corrected chi connectivity index (χ1v) is 13.5. The molecule has 0 bridgehead atoms. The van der Waals surface area contributed by atoms with Gasteiger partial charge in [0.2, 0.25) is 0 Å². The third kappa shape index (κ3) is 4.82. The number of carbonyl (C=O) groups excluding carboxylic acids is 3. The number of halogens is 2. The van der Waals surface area contributed by atoms with Crippen LogP contribution in [-0.2, 0) is 20.7 Å². The van der Waals surface area contributed by atoms with E-state index in [4.69, 9.17) is 32.7 Å². The number of Topliss-reactive ketones (excluding diaryl/α,β-unsaturated/α-hetero) is 1. The average molecular weight is 585 g/mol. The van der Waals surface area contributed by atoms with E-state index in [-0.39, 0.29) is 44.1 Å². The van der Waals surface area contributed by atoms with Crippen molar-refractivity contribution >= 4 is 63.1 Å². The number of ketones is 1. The minimum Gasteiger partial charge on any atom is -0.507 e. The van der Waals surface area contributed by atoms with E-state index < -0.39 is 23.7 Å². The van der Waals surface area contributed by atoms with Crippen LogP contribution in [0.5, 0.6) is 5.75 Å². The largest absolute Gasteiger partial charge is 0.507 e. The lowest BCUT2D eigenvalue weighted by molar-refractivity contribution is -0.132. The summed E-state index contributed by atoms with van der Waals surface area (Å²) in [5, 5.41) is 12.0. The van der Waals surface area contributed by atoms with Gasteiger partial charge in [-0.2, -0.15) is 0 Å². The third-order valence-corrected chi connectivity index (χ3v) is 8.26. The molecule has 5 rings (SSSR count). The Bertz CT molecular complexity index is 1580. The molecular weight excluding hydrogens is 563 g/mol. The van der Waals surface area contributed by atoms with Crippen molar-refractivity contribution < 1.29 is 29.0 Å². The van der Waals surface area contributed by atoms with Gasteiger partial charge in [-0.3, -0.25) is 14.5 Å². The quantitative estimate of drug-likeness (QED) is 0.123. The lowest BCUT2D eigenvalue weighted by atomic mass is 9.94. The van der Waals surface area contributed by atoms with E-state index in [0.29, 0.717) is 29.0 Å². The molecule has 39 heavy (non-hydrogen) atoms. The summed E-state index contributed by atoms with van der Waals surface area (Å²) in [6.45, 7) is 7.07. The molecule has 2 aromatic carbocycles. The summed E-state index contributed by atoms with van der Waals surface area (Å²) < 4.78 is 10.9. The standard InChI is InChI=1S/C28H22Cl2N2O6S/c1-4-9-37-27(36)25-14(3)31-28(39-25)32-22(15-5-7-18(29)19(30)12-15)21(24(34)26(32)35)23(33)16-6-8-20-17(11-16)10-13(2)38-20/h4-8,11-13,22,33H,1,9-10H2,2-3H3/b23-21+. The molecule has 0 radical (unpaired) electrons. The first-order valence-electron chi connectivity index (χ1n) is 11.9. The number of amides is 1. The second kappa shape index (κ2) is 10.5. The molecule has 1 saturated heterocycles. The van der Waals surface area contributed by atoms with Crippen LogP contribution < -0.4 is 9.64 Å². The molecule has 1 aromatic heterocycles. The molecule has 1 amide bonds. The number of benzene rings is 2. The zero-order chi connectivity index (χ0) is 28.0. The fourth-order valence-electron chi connectivity index (χ4n) is 4.63. The first-order chi connectivity index (χ1) is 18.6. The molecule has 2 atom stereocenters. The van der Waals surface area contributed by atoms with Gasteiger partial charge in [-0.05, 0) is 55.3 Å². The molecule has 8 nitrogen and oxygen atoms in total. The normalized spacial score (nSPS) is 19.6. The summed E-state index contributed by atoms with van der Waals surface area (Å²) in [6, 6.07) is 8.69. The van der Waals surface area contributed by atoms with E-state index in [1.165, 1.54) is 12.1 Å². The molecule has 2 aliphatic rings. The Hall–Kier alpha value is -3.66. The van der Waals surface area contributed by atoms with Crippen molar-refractivity contribution in [1.82, 2.24) is 4.98 Å². The summed E-state index contributed by atoms with van der Waals surface area (Å²) in [6.07, 6.45) is 2.06. The number of thiazole rings is 1. The predicted octanol–water partition coefficient (Wildman–Crippen LogP) is 6.05. The maximum atomic E-state index is 13.5. The van der Waals surface area contributed by atoms with Crippen molar-refractivity contribution in [2.45, 2.75) is 32.4 Å². The van der Waals surface area contributed by atoms with Gasteiger partial charge >= 0.3 is 11.9 Å². The number of aliphatic hydroxyl groups is 1. The van der Waals surface area contributed by atoms with Crippen LogP contribution in [0.3, 0.4) is 0 Å². The topological polar surface area (TPSA) is 106 Å². The number of ether oxygens (including phenoxy) is 2. The Morgan fingerprint density at radius 1 is 1.26 bits per heavy atom. The number of hydrogen-bond donors (Lipinski definition) is 1. The molecule has 0 saturated carbocycles. The Morgan fingerprint density at radius 3 is 2.74 bits per heavy atom. The molecule has 2 aliphatic heterocycles. The number of hydrogen-bond acceptors (Lipinski definition) is 8. The van der Waals surface area contributed by atoms with Gasteiger partial charge in [0.1, 0.15) is 29.1 Å². The Morgan fingerprint density at radius 2 is 2.03 bits per heavy atom. The zero-order valence-corrected chi connectivity index (χ0v) is 23.2. The molecule has 0 aliphatic carbocycles. The molecule has 3 heterocycles. The van der Waals surface area contributed by atoms with Gasteiger partial charge in [-0.25, -0.2) is 9.78 Å². The fourth-order valence-corrected chi connectivity index (χ4v) is 5.92. The smallest absolute Gasteiger partial charge is 0.350 e. The maximum absolute atomic E-state index is 13.5. The van der Waals surface area contributed by atoms with Crippen LogP contribution in [-0.4, -0.2) is 40.5 Å². The molecule has 3 aromatic rings. The summed E-state index contributed by atoms with van der Waals surface area (Å²) in [7, 11) is 0. The predicted molar refractivity (Wildman–Crippen MR) is 149 cm³/mol. The monoisotopic (exact) mass is 584 g/mol. The molecule has 1 fully saturated rings. The van der Waals surface area contributed by atoms with Crippen LogP contribution in [0.1, 0.15) is 45.0 Å². The van der Waals surface area contributed by atoms with E-state index in [1.54, 1.807) is 37.3 Å². The highest BCUT2D eigenvalue weighted by molar-refractivity contribution is 7.17. The van der Waals surface area contributed by atoms with Gasteiger partial charge in [0, 0.05) is 12.0 Å².